The molecule has 0 amide bonds. The molecular formula is C19H27FN4O. The molecule has 0 aliphatic carbocycles. The van der Waals surface area contributed by atoms with Crippen LogP contribution in [0.5, 0.6) is 0 Å². The molecule has 0 fully saturated rings. The van der Waals surface area contributed by atoms with Gasteiger partial charge >= 0.3 is 0 Å². The van der Waals surface area contributed by atoms with E-state index in [1.807, 2.05) is 26.8 Å². The van der Waals surface area contributed by atoms with E-state index in [-0.39, 0.29) is 11.2 Å². The molecule has 0 spiro atoms. The number of rotatable bonds is 6. The summed E-state index contributed by atoms with van der Waals surface area (Å²) < 4.78 is 19.0. The highest BCUT2D eigenvalue weighted by atomic mass is 19.1. The molecule has 2 rings (SSSR count). The maximum absolute atomic E-state index is 13.5. The van der Waals surface area contributed by atoms with Gasteiger partial charge in [-0.05, 0) is 38.5 Å². The summed E-state index contributed by atoms with van der Waals surface area (Å²) in [5.41, 5.74) is 1.58. The Bertz CT molecular complexity index is 717. The smallest absolute Gasteiger partial charge is 0.216 e. The summed E-state index contributed by atoms with van der Waals surface area (Å²) in [7, 11) is 0. The summed E-state index contributed by atoms with van der Waals surface area (Å²) in [4.78, 5) is 8.85. The molecule has 0 unspecified atom stereocenters. The first-order chi connectivity index (χ1) is 11.8. The van der Waals surface area contributed by atoms with E-state index in [1.54, 1.807) is 12.1 Å². The number of hydrogen-bond acceptors (Lipinski definition) is 3. The van der Waals surface area contributed by atoms with E-state index >= 15 is 0 Å². The van der Waals surface area contributed by atoms with Crippen molar-refractivity contribution < 1.29 is 8.81 Å². The fourth-order valence-electron chi connectivity index (χ4n) is 2.41. The average Bonchev–Trinajstić information content (AvgIpc) is 2.88. The predicted molar refractivity (Wildman–Crippen MR) is 98.2 cm³/mol. The van der Waals surface area contributed by atoms with E-state index in [9.17, 15) is 4.39 Å². The number of halogens is 1. The highest BCUT2D eigenvalue weighted by molar-refractivity contribution is 5.79. The van der Waals surface area contributed by atoms with Crippen molar-refractivity contribution in [1.82, 2.24) is 15.6 Å². The van der Waals surface area contributed by atoms with Gasteiger partial charge in [0.2, 0.25) is 5.89 Å². The maximum atomic E-state index is 13.5. The molecule has 1 aromatic heterocycles. The van der Waals surface area contributed by atoms with Crippen LogP contribution < -0.4 is 10.6 Å². The van der Waals surface area contributed by atoms with Crippen molar-refractivity contribution in [2.45, 2.75) is 46.6 Å². The van der Waals surface area contributed by atoms with Crippen molar-refractivity contribution >= 4 is 5.96 Å². The van der Waals surface area contributed by atoms with E-state index in [0.29, 0.717) is 24.9 Å². The van der Waals surface area contributed by atoms with Crippen LogP contribution in [0, 0.1) is 19.7 Å². The molecular weight excluding hydrogens is 319 g/mol. The van der Waals surface area contributed by atoms with Gasteiger partial charge in [0.05, 0.1) is 5.69 Å². The Morgan fingerprint density at radius 2 is 2.04 bits per heavy atom. The summed E-state index contributed by atoms with van der Waals surface area (Å²) in [5, 5.41) is 6.52. The summed E-state index contributed by atoms with van der Waals surface area (Å²) in [6, 6.07) is 6.70. The third-order valence-corrected chi connectivity index (χ3v) is 4.09. The molecule has 0 saturated carbocycles. The molecule has 1 aromatic carbocycles. The highest BCUT2D eigenvalue weighted by Gasteiger charge is 2.21. The molecule has 0 radical (unpaired) electrons. The number of aromatic nitrogens is 1. The van der Waals surface area contributed by atoms with Crippen LogP contribution in [0.15, 0.2) is 33.7 Å². The van der Waals surface area contributed by atoms with Gasteiger partial charge in [0.15, 0.2) is 5.96 Å². The molecule has 0 saturated heterocycles. The summed E-state index contributed by atoms with van der Waals surface area (Å²) in [6.45, 7) is 11.7. The third-order valence-electron chi connectivity index (χ3n) is 4.09. The van der Waals surface area contributed by atoms with Gasteiger partial charge in [0, 0.05) is 18.5 Å². The molecule has 0 atom stereocenters. The first-order valence-electron chi connectivity index (χ1n) is 8.53. The minimum atomic E-state index is -0.242. The lowest BCUT2D eigenvalue weighted by atomic mass is 9.84. The lowest BCUT2D eigenvalue weighted by molar-refractivity contribution is 0.471. The first-order valence-corrected chi connectivity index (χ1v) is 8.53. The molecule has 136 valence electrons. The first kappa shape index (κ1) is 19.0. The minimum absolute atomic E-state index is 0.221. The van der Waals surface area contributed by atoms with E-state index in [1.165, 1.54) is 6.07 Å². The quantitative estimate of drug-likeness (QED) is 0.621. The van der Waals surface area contributed by atoms with Crippen LogP contribution in [0.1, 0.15) is 43.7 Å². The molecule has 6 heteroatoms. The Kier molecular flexibility index (Phi) is 6.17. The van der Waals surface area contributed by atoms with Gasteiger partial charge in [-0.15, -0.1) is 0 Å². The SMILES string of the molecule is CCNC(=NCc1nc(C)c(C)o1)NCC(C)(C)c1cccc(F)c1. The number of benzene rings is 1. The largest absolute Gasteiger partial charge is 0.444 e. The second kappa shape index (κ2) is 8.14. The van der Waals surface area contributed by atoms with Crippen LogP contribution in [0.4, 0.5) is 4.39 Å². The van der Waals surface area contributed by atoms with Crippen LogP contribution in [0.25, 0.3) is 0 Å². The minimum Gasteiger partial charge on any atom is -0.444 e. The van der Waals surface area contributed by atoms with Gasteiger partial charge in [0.1, 0.15) is 18.1 Å². The average molecular weight is 346 g/mol. The van der Waals surface area contributed by atoms with Crippen LogP contribution in [-0.2, 0) is 12.0 Å². The van der Waals surface area contributed by atoms with Gasteiger partial charge in [-0.25, -0.2) is 14.4 Å². The number of nitrogens with zero attached hydrogens (tertiary/aromatic N) is 2. The van der Waals surface area contributed by atoms with Gasteiger partial charge in [0.25, 0.3) is 0 Å². The number of guanidine groups is 1. The number of nitrogens with one attached hydrogen (secondary N) is 2. The molecule has 0 aliphatic rings. The predicted octanol–water partition coefficient (Wildman–Crippen LogP) is 3.46. The molecule has 0 aliphatic heterocycles. The lowest BCUT2D eigenvalue weighted by Gasteiger charge is -2.26. The zero-order chi connectivity index (χ0) is 18.4. The number of aryl methyl sites for hydroxylation is 2. The monoisotopic (exact) mass is 346 g/mol. The Morgan fingerprint density at radius 1 is 1.28 bits per heavy atom. The number of oxazole rings is 1. The third kappa shape index (κ3) is 5.31. The van der Waals surface area contributed by atoms with Crippen LogP contribution in [0.3, 0.4) is 0 Å². The van der Waals surface area contributed by atoms with Crippen molar-refractivity contribution in [1.29, 1.82) is 0 Å². The van der Waals surface area contributed by atoms with Gasteiger partial charge in [-0.3, -0.25) is 0 Å². The summed E-state index contributed by atoms with van der Waals surface area (Å²) in [5.74, 6) is 1.87. The zero-order valence-corrected chi connectivity index (χ0v) is 15.6. The van der Waals surface area contributed by atoms with Gasteiger partial charge in [-0.1, -0.05) is 26.0 Å². The highest BCUT2D eigenvalue weighted by Crippen LogP contribution is 2.22. The Balaban J connectivity index is 2.04. The fraction of sp³-hybridized carbons (Fsp3) is 0.474. The summed E-state index contributed by atoms with van der Waals surface area (Å²) >= 11 is 0. The lowest BCUT2D eigenvalue weighted by Crippen LogP contribution is -2.43. The normalized spacial score (nSPS) is 12.3. The van der Waals surface area contributed by atoms with Crippen molar-refractivity contribution in [3.63, 3.8) is 0 Å². The molecule has 25 heavy (non-hydrogen) atoms. The van der Waals surface area contributed by atoms with Crippen molar-refractivity contribution in [3.05, 3.63) is 53.0 Å². The van der Waals surface area contributed by atoms with E-state index in [4.69, 9.17) is 4.42 Å². The van der Waals surface area contributed by atoms with Gasteiger partial charge in [-0.2, -0.15) is 0 Å². The fourth-order valence-corrected chi connectivity index (χ4v) is 2.41. The second-order valence-corrected chi connectivity index (χ2v) is 6.69. The Labute approximate surface area is 148 Å². The Morgan fingerprint density at radius 3 is 2.64 bits per heavy atom. The molecule has 0 bridgehead atoms. The number of aliphatic imine (C=N–C) groups is 1. The van der Waals surface area contributed by atoms with Gasteiger partial charge < -0.3 is 15.1 Å². The van der Waals surface area contributed by atoms with E-state index in [0.717, 1.165) is 23.6 Å². The maximum Gasteiger partial charge on any atom is 0.216 e. The molecule has 1 heterocycles. The van der Waals surface area contributed by atoms with Crippen LogP contribution >= 0.6 is 0 Å². The second-order valence-electron chi connectivity index (χ2n) is 6.69. The topological polar surface area (TPSA) is 62.5 Å². The number of hydrogen-bond donors (Lipinski definition) is 2. The zero-order valence-electron chi connectivity index (χ0n) is 15.6. The van der Waals surface area contributed by atoms with E-state index in [2.05, 4.69) is 34.5 Å². The van der Waals surface area contributed by atoms with Crippen molar-refractivity contribution in [2.75, 3.05) is 13.1 Å². The van der Waals surface area contributed by atoms with E-state index < -0.39 is 0 Å². The molecule has 5 nitrogen and oxygen atoms in total. The van der Waals surface area contributed by atoms with Crippen LogP contribution in [0.2, 0.25) is 0 Å². The Hall–Kier alpha value is -2.37. The van der Waals surface area contributed by atoms with Crippen LogP contribution in [-0.4, -0.2) is 24.0 Å². The molecule has 2 aromatic rings. The van der Waals surface area contributed by atoms with Crippen molar-refractivity contribution in [2.24, 2.45) is 4.99 Å². The standard InChI is InChI=1S/C19H27FN4O/c1-6-21-18(22-11-17-24-13(2)14(3)25-17)23-12-19(4,5)15-8-7-9-16(20)10-15/h7-10H,6,11-12H2,1-5H3,(H2,21,22,23). The van der Waals surface area contributed by atoms with Crippen molar-refractivity contribution in [3.8, 4) is 0 Å². The summed E-state index contributed by atoms with van der Waals surface area (Å²) in [6.07, 6.45) is 0. The molecule has 2 N–H and O–H groups in total.